The van der Waals surface area contributed by atoms with Gasteiger partial charge in [-0.2, -0.15) is 5.10 Å². The molecule has 0 aromatic carbocycles. The second-order valence-electron chi connectivity index (χ2n) is 5.87. The van der Waals surface area contributed by atoms with Crippen LogP contribution in [0.3, 0.4) is 0 Å². The highest BCUT2D eigenvalue weighted by Gasteiger charge is 2.26. The zero-order chi connectivity index (χ0) is 15.5. The van der Waals surface area contributed by atoms with E-state index in [4.69, 9.17) is 0 Å². The van der Waals surface area contributed by atoms with E-state index in [-0.39, 0.29) is 11.1 Å². The van der Waals surface area contributed by atoms with E-state index in [0.29, 0.717) is 24.7 Å². The monoisotopic (exact) mass is 315 g/mol. The van der Waals surface area contributed by atoms with Gasteiger partial charge in [-0.3, -0.25) is 5.10 Å². The minimum Gasteiger partial charge on any atom is -0.310 e. The van der Waals surface area contributed by atoms with Gasteiger partial charge in [0.05, 0.1) is 6.20 Å². The zero-order valence-corrected chi connectivity index (χ0v) is 13.7. The van der Waals surface area contributed by atoms with Gasteiger partial charge in [-0.25, -0.2) is 13.1 Å². The van der Waals surface area contributed by atoms with Gasteiger partial charge < -0.3 is 10.2 Å². The molecule has 1 aliphatic carbocycles. The second kappa shape index (κ2) is 6.87. The predicted octanol–water partition coefficient (Wildman–Crippen LogP) is 0.280. The Bertz CT molecular complexity index is 551. The summed E-state index contributed by atoms with van der Waals surface area (Å²) in [6.07, 6.45) is 3.99. The third kappa shape index (κ3) is 4.77. The van der Waals surface area contributed by atoms with Crippen molar-refractivity contribution < 1.29 is 8.42 Å². The van der Waals surface area contributed by atoms with Crippen LogP contribution in [0, 0.1) is 0 Å². The molecular formula is C13H25N5O2S. The number of hydrogen-bond acceptors (Lipinski definition) is 5. The predicted molar refractivity (Wildman–Crippen MR) is 81.4 cm³/mol. The van der Waals surface area contributed by atoms with Crippen LogP contribution in [0.15, 0.2) is 11.2 Å². The van der Waals surface area contributed by atoms with Gasteiger partial charge >= 0.3 is 0 Å². The molecule has 1 aromatic rings. The van der Waals surface area contributed by atoms with Crippen LogP contribution in [0.5, 0.6) is 0 Å². The van der Waals surface area contributed by atoms with E-state index >= 15 is 0 Å². The summed E-state index contributed by atoms with van der Waals surface area (Å²) in [5.74, 6) is 0. The summed E-state index contributed by atoms with van der Waals surface area (Å²) in [5.41, 5.74) is 0.659. The van der Waals surface area contributed by atoms with Gasteiger partial charge in [-0.1, -0.05) is 13.8 Å². The van der Waals surface area contributed by atoms with Crippen molar-refractivity contribution in [3.05, 3.63) is 11.8 Å². The normalized spacial score (nSPS) is 16.0. The van der Waals surface area contributed by atoms with Gasteiger partial charge in [-0.05, 0) is 19.9 Å². The highest BCUT2D eigenvalue weighted by Crippen LogP contribution is 2.24. The highest BCUT2D eigenvalue weighted by molar-refractivity contribution is 7.89. The molecule has 0 amide bonds. The summed E-state index contributed by atoms with van der Waals surface area (Å²) >= 11 is 0. The van der Waals surface area contributed by atoms with Crippen molar-refractivity contribution in [1.29, 1.82) is 0 Å². The lowest BCUT2D eigenvalue weighted by atomic mass is 10.3. The van der Waals surface area contributed by atoms with Crippen LogP contribution in [0.2, 0.25) is 0 Å². The van der Waals surface area contributed by atoms with Crippen molar-refractivity contribution in [2.24, 2.45) is 0 Å². The van der Waals surface area contributed by atoms with Crippen LogP contribution in [-0.2, 0) is 16.6 Å². The van der Waals surface area contributed by atoms with Crippen LogP contribution in [-0.4, -0.2) is 55.7 Å². The van der Waals surface area contributed by atoms with E-state index in [1.54, 1.807) is 6.20 Å². The van der Waals surface area contributed by atoms with Gasteiger partial charge in [0.25, 0.3) is 10.0 Å². The molecule has 0 unspecified atom stereocenters. The van der Waals surface area contributed by atoms with Gasteiger partial charge in [0, 0.05) is 37.3 Å². The lowest BCUT2D eigenvalue weighted by Gasteiger charge is -2.15. The Morgan fingerprint density at radius 3 is 2.81 bits per heavy atom. The van der Waals surface area contributed by atoms with E-state index in [9.17, 15) is 8.42 Å². The molecule has 0 atom stereocenters. The van der Waals surface area contributed by atoms with Crippen molar-refractivity contribution >= 4 is 10.0 Å². The van der Waals surface area contributed by atoms with Crippen LogP contribution in [0.4, 0.5) is 0 Å². The molecular weight excluding hydrogens is 290 g/mol. The maximum Gasteiger partial charge on any atom is 0.257 e. The molecule has 1 aliphatic rings. The van der Waals surface area contributed by atoms with Crippen molar-refractivity contribution in [1.82, 2.24) is 25.1 Å². The first-order chi connectivity index (χ1) is 9.90. The summed E-state index contributed by atoms with van der Waals surface area (Å²) < 4.78 is 27.2. The molecule has 0 bridgehead atoms. The number of nitrogens with zero attached hydrogens (tertiary/aromatic N) is 2. The fourth-order valence-corrected chi connectivity index (χ4v) is 3.25. The number of hydrogen-bond donors (Lipinski definition) is 3. The summed E-state index contributed by atoms with van der Waals surface area (Å²) in [4.78, 5) is 2.19. The molecule has 1 heterocycles. The third-order valence-electron chi connectivity index (χ3n) is 3.57. The molecule has 0 saturated heterocycles. The van der Waals surface area contributed by atoms with Gasteiger partial charge in [0.2, 0.25) is 0 Å². The quantitative estimate of drug-likeness (QED) is 0.609. The smallest absolute Gasteiger partial charge is 0.257 e. The molecule has 3 N–H and O–H groups in total. The first-order valence-corrected chi connectivity index (χ1v) is 8.84. The number of aromatic amines is 1. The van der Waals surface area contributed by atoms with Gasteiger partial charge in [0.15, 0.2) is 5.03 Å². The molecule has 7 nitrogen and oxygen atoms in total. The fraction of sp³-hybridized carbons (Fsp3) is 0.769. The Kier molecular flexibility index (Phi) is 5.37. The van der Waals surface area contributed by atoms with E-state index < -0.39 is 10.0 Å². The number of sulfonamides is 1. The second-order valence-corrected chi connectivity index (χ2v) is 7.57. The van der Waals surface area contributed by atoms with Crippen molar-refractivity contribution in [2.45, 2.75) is 50.3 Å². The van der Waals surface area contributed by atoms with E-state index in [2.05, 4.69) is 25.1 Å². The highest BCUT2D eigenvalue weighted by atomic mass is 32.2. The minimum absolute atomic E-state index is 0.157. The number of aromatic nitrogens is 2. The number of rotatable bonds is 9. The van der Waals surface area contributed by atoms with Crippen LogP contribution >= 0.6 is 0 Å². The topological polar surface area (TPSA) is 90.1 Å². The van der Waals surface area contributed by atoms with E-state index in [0.717, 1.165) is 6.54 Å². The van der Waals surface area contributed by atoms with Crippen molar-refractivity contribution in [3.63, 3.8) is 0 Å². The Labute approximate surface area is 126 Å². The Balaban J connectivity index is 1.90. The Morgan fingerprint density at radius 1 is 1.48 bits per heavy atom. The van der Waals surface area contributed by atoms with E-state index in [1.165, 1.54) is 12.8 Å². The lowest BCUT2D eigenvalue weighted by molar-refractivity contribution is 0.329. The van der Waals surface area contributed by atoms with Crippen molar-refractivity contribution in [2.75, 3.05) is 20.1 Å². The molecule has 0 radical (unpaired) electrons. The summed E-state index contributed by atoms with van der Waals surface area (Å²) in [5, 5.41) is 9.80. The molecule has 0 spiro atoms. The van der Waals surface area contributed by atoms with Crippen LogP contribution < -0.4 is 10.0 Å². The van der Waals surface area contributed by atoms with Crippen LogP contribution in [0.1, 0.15) is 32.3 Å². The Morgan fingerprint density at radius 2 is 2.19 bits per heavy atom. The number of nitrogens with one attached hydrogen (secondary N) is 3. The molecule has 21 heavy (non-hydrogen) atoms. The molecule has 1 fully saturated rings. The van der Waals surface area contributed by atoms with Gasteiger partial charge in [0.1, 0.15) is 0 Å². The zero-order valence-electron chi connectivity index (χ0n) is 12.9. The first-order valence-electron chi connectivity index (χ1n) is 7.35. The molecule has 0 aliphatic heterocycles. The average molecular weight is 315 g/mol. The SMILES string of the molecule is CC(C)NCc1cn[nH]c1S(=O)(=O)NCCN(C)C1CC1. The summed E-state index contributed by atoms with van der Waals surface area (Å²) in [7, 11) is -1.50. The van der Waals surface area contributed by atoms with Gasteiger partial charge in [-0.15, -0.1) is 0 Å². The lowest BCUT2D eigenvalue weighted by Crippen LogP contribution is -2.34. The number of likely N-dealkylation sites (N-methyl/N-ethyl adjacent to an activating group) is 1. The maximum absolute atomic E-state index is 12.3. The number of H-pyrrole nitrogens is 1. The first kappa shape index (κ1) is 16.4. The molecule has 1 saturated carbocycles. The maximum atomic E-state index is 12.3. The molecule has 120 valence electrons. The van der Waals surface area contributed by atoms with Crippen LogP contribution in [0.25, 0.3) is 0 Å². The standard InChI is InChI=1S/C13H25N5O2S/c1-10(2)14-8-11-9-15-17-13(11)21(19,20)16-6-7-18(3)12-4-5-12/h9-10,12,14,16H,4-8H2,1-3H3,(H,15,17). The third-order valence-corrected chi connectivity index (χ3v) is 5.05. The average Bonchev–Trinajstić information content (AvgIpc) is 3.14. The largest absolute Gasteiger partial charge is 0.310 e. The molecule has 2 rings (SSSR count). The minimum atomic E-state index is -3.53. The summed E-state index contributed by atoms with van der Waals surface area (Å²) in [6, 6.07) is 0.920. The molecule has 1 aromatic heterocycles. The van der Waals surface area contributed by atoms with E-state index in [1.807, 2.05) is 20.9 Å². The molecule has 8 heteroatoms. The Hall–Kier alpha value is -0.960. The van der Waals surface area contributed by atoms with Crippen molar-refractivity contribution in [3.8, 4) is 0 Å². The summed E-state index contributed by atoms with van der Waals surface area (Å²) in [6.45, 7) is 5.63. The fourth-order valence-electron chi connectivity index (χ4n) is 2.10.